The van der Waals surface area contributed by atoms with Crippen molar-refractivity contribution in [3.05, 3.63) is 0 Å². The van der Waals surface area contributed by atoms with E-state index in [1.54, 1.807) is 11.9 Å². The van der Waals surface area contributed by atoms with Crippen molar-refractivity contribution in [2.45, 2.75) is 26.4 Å². The second-order valence-corrected chi connectivity index (χ2v) is 6.09. The molecule has 0 saturated heterocycles. The molecule has 0 aliphatic carbocycles. The number of rotatable bonds is 7. The molecule has 6 heteroatoms. The van der Waals surface area contributed by atoms with Gasteiger partial charge in [0.2, 0.25) is 0 Å². The van der Waals surface area contributed by atoms with Crippen LogP contribution in [0.2, 0.25) is 0 Å². The summed E-state index contributed by atoms with van der Waals surface area (Å²) in [6.07, 6.45) is -0.279. The van der Waals surface area contributed by atoms with E-state index in [9.17, 15) is 4.79 Å². The second-order valence-electron chi connectivity index (χ2n) is 5.19. The molecule has 0 aromatic carbocycles. The normalized spacial score (nSPS) is 11.7. The maximum absolute atomic E-state index is 11.7. The number of ether oxygens (including phenoxy) is 1. The number of carbonyl (C=O) groups excluding carboxylic acids is 1. The van der Waals surface area contributed by atoms with Crippen molar-refractivity contribution in [2.75, 3.05) is 44.7 Å². The van der Waals surface area contributed by atoms with Crippen LogP contribution in [0.25, 0.3) is 0 Å². The highest BCUT2D eigenvalue weighted by Crippen LogP contribution is 2.08. The van der Waals surface area contributed by atoms with Gasteiger partial charge in [-0.2, -0.15) is 25.3 Å². The van der Waals surface area contributed by atoms with E-state index < -0.39 is 5.60 Å². The quantitative estimate of drug-likeness (QED) is 0.705. The number of hydrogen-bond acceptors (Lipinski definition) is 5. The molecule has 0 aliphatic heterocycles. The second kappa shape index (κ2) is 8.93. The third-order valence-corrected chi connectivity index (χ3v) is 2.69. The Morgan fingerprint density at radius 3 is 1.94 bits per heavy atom. The summed E-state index contributed by atoms with van der Waals surface area (Å²) in [4.78, 5) is 15.6. The van der Waals surface area contributed by atoms with Gasteiger partial charge in [0, 0.05) is 44.7 Å². The minimum absolute atomic E-state index is 0.279. The fraction of sp³-hybridized carbons (Fsp3) is 0.917. The molecule has 0 bridgehead atoms. The summed E-state index contributed by atoms with van der Waals surface area (Å²) in [6, 6.07) is 0. The van der Waals surface area contributed by atoms with Crippen LogP contribution in [-0.2, 0) is 4.74 Å². The predicted octanol–water partition coefficient (Wildman–Crippen LogP) is 2.01. The summed E-state index contributed by atoms with van der Waals surface area (Å²) in [7, 11) is 1.76. The fourth-order valence-corrected chi connectivity index (χ4v) is 1.91. The molecule has 0 fully saturated rings. The number of likely N-dealkylation sites (N-methyl/N-ethyl adjacent to an activating group) is 1. The molecular weight excluding hydrogens is 268 g/mol. The van der Waals surface area contributed by atoms with E-state index in [4.69, 9.17) is 4.74 Å². The van der Waals surface area contributed by atoms with Gasteiger partial charge in [-0.05, 0) is 20.8 Å². The van der Waals surface area contributed by atoms with Crippen molar-refractivity contribution < 1.29 is 9.53 Å². The first-order valence-electron chi connectivity index (χ1n) is 6.18. The third kappa shape index (κ3) is 8.94. The fourth-order valence-electron chi connectivity index (χ4n) is 1.34. The maximum Gasteiger partial charge on any atom is 0.410 e. The highest BCUT2D eigenvalue weighted by molar-refractivity contribution is 7.80. The van der Waals surface area contributed by atoms with Crippen molar-refractivity contribution in [2.24, 2.45) is 0 Å². The molecule has 0 aromatic heterocycles. The Kier molecular flexibility index (Phi) is 8.90. The zero-order valence-corrected chi connectivity index (χ0v) is 13.6. The van der Waals surface area contributed by atoms with Crippen LogP contribution in [-0.4, -0.2) is 66.2 Å². The first kappa shape index (κ1) is 17.9. The topological polar surface area (TPSA) is 32.8 Å². The van der Waals surface area contributed by atoms with Gasteiger partial charge in [0.15, 0.2) is 0 Å². The summed E-state index contributed by atoms with van der Waals surface area (Å²) < 4.78 is 5.29. The molecule has 4 nitrogen and oxygen atoms in total. The van der Waals surface area contributed by atoms with E-state index in [0.29, 0.717) is 6.54 Å². The molecule has 0 rings (SSSR count). The number of thiol groups is 2. The number of amides is 1. The van der Waals surface area contributed by atoms with Gasteiger partial charge in [-0.25, -0.2) is 4.79 Å². The van der Waals surface area contributed by atoms with Crippen LogP contribution in [0, 0.1) is 0 Å². The van der Waals surface area contributed by atoms with Gasteiger partial charge in [-0.3, -0.25) is 4.90 Å². The average molecular weight is 294 g/mol. The lowest BCUT2D eigenvalue weighted by molar-refractivity contribution is 0.0285. The first-order chi connectivity index (χ1) is 8.30. The molecule has 0 atom stereocenters. The number of carbonyl (C=O) groups is 1. The molecule has 0 aromatic rings. The Bertz CT molecular complexity index is 239. The van der Waals surface area contributed by atoms with Crippen LogP contribution in [0.3, 0.4) is 0 Å². The smallest absolute Gasteiger partial charge is 0.410 e. The van der Waals surface area contributed by atoms with E-state index in [-0.39, 0.29) is 6.09 Å². The zero-order chi connectivity index (χ0) is 14.2. The predicted molar refractivity (Wildman–Crippen MR) is 83.0 cm³/mol. The van der Waals surface area contributed by atoms with Gasteiger partial charge in [0.1, 0.15) is 5.60 Å². The van der Waals surface area contributed by atoms with Gasteiger partial charge in [0.25, 0.3) is 0 Å². The Morgan fingerprint density at radius 1 is 1.06 bits per heavy atom. The Labute approximate surface area is 122 Å². The van der Waals surface area contributed by atoms with Crippen molar-refractivity contribution in [1.29, 1.82) is 0 Å². The van der Waals surface area contributed by atoms with Gasteiger partial charge in [-0.15, -0.1) is 0 Å². The van der Waals surface area contributed by atoms with Crippen LogP contribution in [0.4, 0.5) is 4.79 Å². The molecule has 18 heavy (non-hydrogen) atoms. The molecule has 0 unspecified atom stereocenters. The first-order valence-corrected chi connectivity index (χ1v) is 7.45. The van der Waals surface area contributed by atoms with E-state index in [0.717, 1.165) is 31.1 Å². The summed E-state index contributed by atoms with van der Waals surface area (Å²) in [5.41, 5.74) is -0.443. The molecule has 0 saturated carbocycles. The molecular formula is C12H26N2O2S2. The highest BCUT2D eigenvalue weighted by Gasteiger charge is 2.19. The van der Waals surface area contributed by atoms with Crippen molar-refractivity contribution in [1.82, 2.24) is 9.80 Å². The molecule has 0 heterocycles. The summed E-state index contributed by atoms with van der Waals surface area (Å²) in [6.45, 7) is 8.89. The lowest BCUT2D eigenvalue weighted by atomic mass is 10.2. The standard InChI is InChI=1S/C12H26N2O2S2/c1-12(2,3)16-11(15)13(4)5-6-14(7-9-17)8-10-18/h17-18H,5-10H2,1-4H3. The van der Waals surface area contributed by atoms with Crippen LogP contribution in [0.5, 0.6) is 0 Å². The van der Waals surface area contributed by atoms with Gasteiger partial charge in [0.05, 0.1) is 0 Å². The van der Waals surface area contributed by atoms with Gasteiger partial charge < -0.3 is 9.64 Å². The maximum atomic E-state index is 11.7. The minimum Gasteiger partial charge on any atom is -0.444 e. The molecule has 0 spiro atoms. The third-order valence-electron chi connectivity index (χ3n) is 2.29. The van der Waals surface area contributed by atoms with Gasteiger partial charge in [-0.1, -0.05) is 0 Å². The van der Waals surface area contributed by atoms with E-state index >= 15 is 0 Å². The van der Waals surface area contributed by atoms with E-state index in [1.165, 1.54) is 0 Å². The average Bonchev–Trinajstić information content (AvgIpc) is 2.23. The van der Waals surface area contributed by atoms with Crippen LogP contribution in [0.15, 0.2) is 0 Å². The van der Waals surface area contributed by atoms with Crippen LogP contribution < -0.4 is 0 Å². The van der Waals surface area contributed by atoms with E-state index in [2.05, 4.69) is 30.2 Å². The molecule has 0 radical (unpaired) electrons. The molecule has 108 valence electrons. The molecule has 0 N–H and O–H groups in total. The number of hydrogen-bond donors (Lipinski definition) is 2. The van der Waals surface area contributed by atoms with Crippen LogP contribution in [0.1, 0.15) is 20.8 Å². The van der Waals surface area contributed by atoms with Crippen LogP contribution >= 0.6 is 25.3 Å². The Hall–Kier alpha value is -0.0700. The van der Waals surface area contributed by atoms with Crippen molar-refractivity contribution in [3.8, 4) is 0 Å². The molecule has 1 amide bonds. The largest absolute Gasteiger partial charge is 0.444 e. The Balaban J connectivity index is 4.06. The monoisotopic (exact) mass is 294 g/mol. The Morgan fingerprint density at radius 2 is 1.56 bits per heavy atom. The number of nitrogens with zero attached hydrogens (tertiary/aromatic N) is 2. The van der Waals surface area contributed by atoms with Gasteiger partial charge >= 0.3 is 6.09 Å². The summed E-state index contributed by atoms with van der Waals surface area (Å²) >= 11 is 8.44. The van der Waals surface area contributed by atoms with Crippen molar-refractivity contribution >= 4 is 31.4 Å². The van der Waals surface area contributed by atoms with E-state index in [1.807, 2.05) is 20.8 Å². The minimum atomic E-state index is -0.443. The lowest BCUT2D eigenvalue weighted by Gasteiger charge is -2.27. The SMILES string of the molecule is CN(CCN(CCS)CCS)C(=O)OC(C)(C)C. The highest BCUT2D eigenvalue weighted by atomic mass is 32.1. The molecule has 0 aliphatic rings. The summed E-state index contributed by atoms with van der Waals surface area (Å²) in [5.74, 6) is 1.62. The summed E-state index contributed by atoms with van der Waals surface area (Å²) in [5, 5.41) is 0. The van der Waals surface area contributed by atoms with Crippen molar-refractivity contribution in [3.63, 3.8) is 0 Å². The lowest BCUT2D eigenvalue weighted by Crippen LogP contribution is -2.40. The zero-order valence-electron chi connectivity index (χ0n) is 11.8.